The molecular formula is C13H17NO. The van der Waals surface area contributed by atoms with Crippen molar-refractivity contribution in [2.45, 2.75) is 19.9 Å². The topological polar surface area (TPSA) is 14.2 Å². The first-order valence-electron chi connectivity index (χ1n) is 5.53. The lowest BCUT2D eigenvalue weighted by molar-refractivity contribution is 0.127. The number of fused-ring (bicyclic) bond motifs is 1. The molecule has 2 rings (SSSR count). The third kappa shape index (κ3) is 2.39. The minimum absolute atomic E-state index is 0.798. The normalized spacial score (nSPS) is 11.0. The van der Waals surface area contributed by atoms with Crippen LogP contribution in [0.3, 0.4) is 0 Å². The van der Waals surface area contributed by atoms with Crippen LogP contribution in [0, 0.1) is 0 Å². The summed E-state index contributed by atoms with van der Waals surface area (Å²) in [7, 11) is 0. The van der Waals surface area contributed by atoms with Gasteiger partial charge in [0.05, 0.1) is 6.61 Å². The largest absolute Gasteiger partial charge is 0.380 e. The highest BCUT2D eigenvalue weighted by Crippen LogP contribution is 2.14. The highest BCUT2D eigenvalue weighted by molar-refractivity contribution is 5.79. The molecule has 0 aliphatic carbocycles. The fourth-order valence-corrected chi connectivity index (χ4v) is 1.74. The summed E-state index contributed by atoms with van der Waals surface area (Å²) in [5, 5.41) is 1.30. The molecule has 0 unspecified atom stereocenters. The number of aromatic nitrogens is 1. The molecule has 1 heterocycles. The van der Waals surface area contributed by atoms with Gasteiger partial charge in [0.2, 0.25) is 0 Å². The zero-order valence-corrected chi connectivity index (χ0v) is 9.15. The second-order valence-electron chi connectivity index (χ2n) is 3.68. The third-order valence-electron chi connectivity index (χ3n) is 2.51. The van der Waals surface area contributed by atoms with Crippen molar-refractivity contribution in [3.05, 3.63) is 36.5 Å². The SMILES string of the molecule is CCCOCCn1ccc2ccccc21. The van der Waals surface area contributed by atoms with Crippen molar-refractivity contribution in [3.8, 4) is 0 Å². The van der Waals surface area contributed by atoms with Crippen molar-refractivity contribution in [1.82, 2.24) is 4.57 Å². The molecule has 0 radical (unpaired) electrons. The Morgan fingerprint density at radius 2 is 2.00 bits per heavy atom. The maximum atomic E-state index is 5.48. The van der Waals surface area contributed by atoms with Crippen molar-refractivity contribution >= 4 is 10.9 Å². The molecule has 1 aromatic heterocycles. The molecule has 2 nitrogen and oxygen atoms in total. The van der Waals surface area contributed by atoms with Crippen LogP contribution in [-0.4, -0.2) is 17.8 Å². The van der Waals surface area contributed by atoms with Crippen LogP contribution in [-0.2, 0) is 11.3 Å². The molecule has 0 spiro atoms. The Hall–Kier alpha value is -1.28. The van der Waals surface area contributed by atoms with Gasteiger partial charge in [-0.25, -0.2) is 0 Å². The second-order valence-corrected chi connectivity index (χ2v) is 3.68. The number of rotatable bonds is 5. The molecule has 0 aliphatic heterocycles. The monoisotopic (exact) mass is 203 g/mol. The van der Waals surface area contributed by atoms with E-state index in [9.17, 15) is 0 Å². The molecule has 0 bridgehead atoms. The van der Waals surface area contributed by atoms with Gasteiger partial charge in [-0.15, -0.1) is 0 Å². The Morgan fingerprint density at radius 3 is 2.87 bits per heavy atom. The van der Waals surface area contributed by atoms with Crippen LogP contribution in [0.25, 0.3) is 10.9 Å². The Balaban J connectivity index is 2.02. The van der Waals surface area contributed by atoms with E-state index in [-0.39, 0.29) is 0 Å². The molecule has 0 saturated carbocycles. The molecule has 15 heavy (non-hydrogen) atoms. The standard InChI is InChI=1S/C13H17NO/c1-2-10-15-11-9-14-8-7-12-5-3-4-6-13(12)14/h3-8H,2,9-11H2,1H3. The van der Waals surface area contributed by atoms with E-state index in [2.05, 4.69) is 48.0 Å². The number of ether oxygens (including phenoxy) is 1. The molecule has 1 aromatic carbocycles. The molecule has 2 heteroatoms. The van der Waals surface area contributed by atoms with Crippen LogP contribution in [0.4, 0.5) is 0 Å². The predicted molar refractivity (Wildman–Crippen MR) is 63.0 cm³/mol. The summed E-state index contributed by atoms with van der Waals surface area (Å²) < 4.78 is 7.73. The number of nitrogens with zero attached hydrogens (tertiary/aromatic N) is 1. The third-order valence-corrected chi connectivity index (χ3v) is 2.51. The Labute approximate surface area is 90.5 Å². The van der Waals surface area contributed by atoms with Gasteiger partial charge in [-0.2, -0.15) is 0 Å². The lowest BCUT2D eigenvalue weighted by Crippen LogP contribution is -2.05. The van der Waals surface area contributed by atoms with Crippen molar-refractivity contribution in [1.29, 1.82) is 0 Å². The summed E-state index contributed by atoms with van der Waals surface area (Å²) in [5.41, 5.74) is 1.29. The van der Waals surface area contributed by atoms with Crippen LogP contribution in [0.1, 0.15) is 13.3 Å². The van der Waals surface area contributed by atoms with E-state index in [0.29, 0.717) is 0 Å². The van der Waals surface area contributed by atoms with Gasteiger partial charge in [0.1, 0.15) is 0 Å². The first-order chi connectivity index (χ1) is 7.42. The fraction of sp³-hybridized carbons (Fsp3) is 0.385. The maximum Gasteiger partial charge on any atom is 0.0645 e. The molecule has 0 N–H and O–H groups in total. The summed E-state index contributed by atoms with van der Waals surface area (Å²) in [4.78, 5) is 0. The summed E-state index contributed by atoms with van der Waals surface area (Å²) in [5.74, 6) is 0. The summed E-state index contributed by atoms with van der Waals surface area (Å²) in [6, 6.07) is 10.6. The van der Waals surface area contributed by atoms with Gasteiger partial charge >= 0.3 is 0 Å². The van der Waals surface area contributed by atoms with Crippen LogP contribution >= 0.6 is 0 Å². The van der Waals surface area contributed by atoms with Crippen molar-refractivity contribution in [2.75, 3.05) is 13.2 Å². The number of hydrogen-bond donors (Lipinski definition) is 0. The first kappa shape index (κ1) is 10.2. The summed E-state index contributed by atoms with van der Waals surface area (Å²) >= 11 is 0. The van der Waals surface area contributed by atoms with Crippen molar-refractivity contribution in [3.63, 3.8) is 0 Å². The van der Waals surface area contributed by atoms with E-state index in [1.165, 1.54) is 10.9 Å². The minimum Gasteiger partial charge on any atom is -0.380 e. The number of hydrogen-bond acceptors (Lipinski definition) is 1. The van der Waals surface area contributed by atoms with Crippen LogP contribution < -0.4 is 0 Å². The van der Waals surface area contributed by atoms with E-state index >= 15 is 0 Å². The lowest BCUT2D eigenvalue weighted by atomic mass is 10.2. The Bertz CT molecular complexity index is 419. The number of para-hydroxylation sites is 1. The van der Waals surface area contributed by atoms with Crippen LogP contribution in [0.15, 0.2) is 36.5 Å². The van der Waals surface area contributed by atoms with E-state index in [0.717, 1.165) is 26.2 Å². The van der Waals surface area contributed by atoms with Gasteiger partial charge in [0.15, 0.2) is 0 Å². The van der Waals surface area contributed by atoms with Crippen LogP contribution in [0.5, 0.6) is 0 Å². The molecule has 80 valence electrons. The van der Waals surface area contributed by atoms with Gasteiger partial charge in [0.25, 0.3) is 0 Å². The zero-order valence-electron chi connectivity index (χ0n) is 9.15. The van der Waals surface area contributed by atoms with E-state index in [1.54, 1.807) is 0 Å². The van der Waals surface area contributed by atoms with E-state index < -0.39 is 0 Å². The highest BCUT2D eigenvalue weighted by atomic mass is 16.5. The van der Waals surface area contributed by atoms with Crippen molar-refractivity contribution < 1.29 is 4.74 Å². The molecule has 0 fully saturated rings. The maximum absolute atomic E-state index is 5.48. The zero-order chi connectivity index (χ0) is 10.5. The Morgan fingerprint density at radius 1 is 1.13 bits per heavy atom. The van der Waals surface area contributed by atoms with Crippen LogP contribution in [0.2, 0.25) is 0 Å². The van der Waals surface area contributed by atoms with Gasteiger partial charge in [-0.05, 0) is 23.9 Å². The summed E-state index contributed by atoms with van der Waals surface area (Å²) in [6.07, 6.45) is 3.21. The van der Waals surface area contributed by atoms with Crippen molar-refractivity contribution in [2.24, 2.45) is 0 Å². The highest BCUT2D eigenvalue weighted by Gasteiger charge is 1.98. The average Bonchev–Trinajstić information content (AvgIpc) is 2.68. The minimum atomic E-state index is 0.798. The van der Waals surface area contributed by atoms with Gasteiger partial charge in [-0.3, -0.25) is 0 Å². The number of benzene rings is 1. The van der Waals surface area contributed by atoms with Gasteiger partial charge in [0, 0.05) is 24.9 Å². The van der Waals surface area contributed by atoms with E-state index in [1.807, 2.05) is 0 Å². The quantitative estimate of drug-likeness (QED) is 0.681. The fourth-order valence-electron chi connectivity index (χ4n) is 1.74. The molecule has 0 amide bonds. The molecule has 0 aliphatic rings. The van der Waals surface area contributed by atoms with Gasteiger partial charge in [-0.1, -0.05) is 25.1 Å². The smallest absolute Gasteiger partial charge is 0.0645 e. The predicted octanol–water partition coefficient (Wildman–Crippen LogP) is 3.07. The molecule has 0 saturated heterocycles. The lowest BCUT2D eigenvalue weighted by Gasteiger charge is -2.05. The summed E-state index contributed by atoms with van der Waals surface area (Å²) in [6.45, 7) is 4.73. The molecular weight excluding hydrogens is 186 g/mol. The average molecular weight is 203 g/mol. The van der Waals surface area contributed by atoms with E-state index in [4.69, 9.17) is 4.74 Å². The molecule has 2 aromatic rings. The Kier molecular flexibility index (Phi) is 3.41. The van der Waals surface area contributed by atoms with Gasteiger partial charge < -0.3 is 9.30 Å². The molecule has 0 atom stereocenters. The first-order valence-corrected chi connectivity index (χ1v) is 5.53. The second kappa shape index (κ2) is 4.99.